The third-order valence-electron chi connectivity index (χ3n) is 7.84. The van der Waals surface area contributed by atoms with Crippen molar-refractivity contribution in [3.63, 3.8) is 0 Å². The summed E-state index contributed by atoms with van der Waals surface area (Å²) in [4.78, 5) is 35.6. The van der Waals surface area contributed by atoms with Gasteiger partial charge in [-0.1, -0.05) is 66.4 Å². The number of nitro groups is 2. The number of aryl methyl sites for hydroxylation is 2. The summed E-state index contributed by atoms with van der Waals surface area (Å²) in [5.74, 6) is 0.952. The first-order valence-electron chi connectivity index (χ1n) is 14.8. The third kappa shape index (κ3) is 7.48. The molecule has 0 N–H and O–H groups in total. The number of carbonyl (C=O) groups is 1. The highest BCUT2D eigenvalue weighted by Gasteiger charge is 2.24. The van der Waals surface area contributed by atoms with Gasteiger partial charge in [-0.25, -0.2) is 4.79 Å². The summed E-state index contributed by atoms with van der Waals surface area (Å²) < 4.78 is 23.9. The van der Waals surface area contributed by atoms with E-state index in [4.69, 9.17) is 18.5 Å². The van der Waals surface area contributed by atoms with Crippen molar-refractivity contribution in [2.75, 3.05) is 0 Å². The molecule has 0 aliphatic carbocycles. The lowest BCUT2D eigenvalue weighted by Gasteiger charge is -2.13. The summed E-state index contributed by atoms with van der Waals surface area (Å²) in [6.45, 7) is 3.43. The average molecular weight is 804 g/mol. The molecule has 15 heteroatoms. The second kappa shape index (κ2) is 14.4. The zero-order valence-corrected chi connectivity index (χ0v) is 29.4. The number of hydrogen-bond acceptors (Lipinski definition) is 11. The zero-order valence-electron chi connectivity index (χ0n) is 26.2. The van der Waals surface area contributed by atoms with E-state index in [1.54, 1.807) is 13.8 Å². The van der Waals surface area contributed by atoms with Crippen molar-refractivity contribution in [2.24, 2.45) is 0 Å². The Bertz CT molecular complexity index is 2090. The maximum Gasteiger partial charge on any atom is 0.519 e. The van der Waals surface area contributed by atoms with Crippen LogP contribution in [-0.2, 0) is 12.8 Å². The average Bonchev–Trinajstić information content (AvgIpc) is 3.64. The Hall–Kier alpha value is -5.67. The molecule has 0 fully saturated rings. The van der Waals surface area contributed by atoms with Crippen molar-refractivity contribution < 1.29 is 33.2 Å². The lowest BCUT2D eigenvalue weighted by molar-refractivity contribution is -0.385. The van der Waals surface area contributed by atoms with Gasteiger partial charge in [0.25, 0.3) is 11.4 Å². The van der Waals surface area contributed by atoms with Crippen molar-refractivity contribution in [1.29, 1.82) is 0 Å². The van der Waals surface area contributed by atoms with Gasteiger partial charge in [0.1, 0.15) is 34.4 Å². The Labute approximate surface area is 300 Å². The van der Waals surface area contributed by atoms with E-state index in [1.165, 1.54) is 36.4 Å². The number of halogens is 2. The number of benzene rings is 4. The standard InChI is InChI=1S/C35H24Br2N4O9/c1-19-29(33(38-49-19)21-3-7-25(36)8-4-21)17-23-15-27(40(43)44)11-13-31(23)47-35(42)48-32-14-12-28(41(45)46)16-24(32)18-30-20(2)50-39-34(30)22-5-9-26(37)10-6-22/h3-16H,17-18H2,1-2H3. The van der Waals surface area contributed by atoms with Crippen LogP contribution in [0.2, 0.25) is 0 Å². The maximum absolute atomic E-state index is 13.3. The van der Waals surface area contributed by atoms with Crippen LogP contribution in [0, 0.1) is 34.1 Å². The molecular formula is C35H24Br2N4O9. The van der Waals surface area contributed by atoms with Crippen LogP contribution in [0.5, 0.6) is 11.5 Å². The second-order valence-corrected chi connectivity index (χ2v) is 12.9. The van der Waals surface area contributed by atoms with E-state index in [2.05, 4.69) is 42.2 Å². The molecule has 2 aromatic heterocycles. The van der Waals surface area contributed by atoms with Crippen LogP contribution in [0.15, 0.2) is 103 Å². The monoisotopic (exact) mass is 802 g/mol. The number of hydrogen-bond donors (Lipinski definition) is 0. The Kier molecular flexibility index (Phi) is 9.88. The summed E-state index contributed by atoms with van der Waals surface area (Å²) in [7, 11) is 0. The Balaban J connectivity index is 1.30. The minimum absolute atomic E-state index is 0.00109. The third-order valence-corrected chi connectivity index (χ3v) is 8.89. The molecular weight excluding hydrogens is 780 g/mol. The SMILES string of the molecule is Cc1onc(-c2ccc(Br)cc2)c1Cc1cc([N+](=O)[O-])ccc1OC(=O)Oc1ccc([N+](=O)[O-])cc1Cc1c(-c2ccc(Br)cc2)noc1C. The van der Waals surface area contributed by atoms with E-state index in [9.17, 15) is 25.0 Å². The van der Waals surface area contributed by atoms with Gasteiger partial charge in [-0.05, 0) is 50.2 Å². The van der Waals surface area contributed by atoms with Crippen LogP contribution < -0.4 is 9.47 Å². The van der Waals surface area contributed by atoms with Gasteiger partial charge < -0.3 is 18.5 Å². The molecule has 0 aliphatic rings. The number of carbonyl (C=O) groups excluding carboxylic acids is 1. The quantitative estimate of drug-likeness (QED) is 0.0558. The normalized spacial score (nSPS) is 11.0. The van der Waals surface area contributed by atoms with Gasteiger partial charge in [0.15, 0.2) is 0 Å². The van der Waals surface area contributed by atoms with Crippen LogP contribution in [0.3, 0.4) is 0 Å². The molecule has 0 radical (unpaired) electrons. The predicted octanol–water partition coefficient (Wildman–Crippen LogP) is 9.71. The number of nitro benzene ring substituents is 2. The number of rotatable bonds is 10. The fraction of sp³-hybridized carbons (Fsp3) is 0.114. The number of aromatic nitrogens is 2. The number of nitrogens with zero attached hydrogens (tertiary/aromatic N) is 4. The molecule has 6 aromatic rings. The second-order valence-electron chi connectivity index (χ2n) is 11.1. The van der Waals surface area contributed by atoms with Gasteiger partial charge in [0.05, 0.1) is 9.85 Å². The summed E-state index contributed by atoms with van der Waals surface area (Å²) in [6.07, 6.45) is -1.03. The lowest BCUT2D eigenvalue weighted by Crippen LogP contribution is -2.16. The minimum Gasteiger partial charge on any atom is -0.394 e. The highest BCUT2D eigenvalue weighted by molar-refractivity contribution is 9.10. The van der Waals surface area contributed by atoms with E-state index in [1.807, 2.05) is 48.5 Å². The van der Waals surface area contributed by atoms with Crippen LogP contribution >= 0.6 is 31.9 Å². The molecule has 0 bridgehead atoms. The van der Waals surface area contributed by atoms with Crippen molar-refractivity contribution in [3.05, 3.63) is 148 Å². The highest BCUT2D eigenvalue weighted by atomic mass is 79.9. The van der Waals surface area contributed by atoms with Gasteiger partial charge in [0.2, 0.25) is 0 Å². The summed E-state index contributed by atoms with van der Waals surface area (Å²) in [6, 6.07) is 22.4. The molecule has 4 aromatic carbocycles. The van der Waals surface area contributed by atoms with Gasteiger partial charge in [0, 0.05) is 79.4 Å². The highest BCUT2D eigenvalue weighted by Crippen LogP contribution is 2.35. The molecule has 13 nitrogen and oxygen atoms in total. The Morgan fingerprint density at radius 1 is 0.660 bits per heavy atom. The summed E-state index contributed by atoms with van der Waals surface area (Å²) in [5, 5.41) is 31.8. The first kappa shape index (κ1) is 34.2. The van der Waals surface area contributed by atoms with Gasteiger partial charge in [-0.3, -0.25) is 20.2 Å². The zero-order chi connectivity index (χ0) is 35.5. The van der Waals surface area contributed by atoms with Crippen molar-refractivity contribution in [1.82, 2.24) is 10.3 Å². The van der Waals surface area contributed by atoms with E-state index in [-0.39, 0.29) is 35.7 Å². The molecule has 0 atom stereocenters. The van der Waals surface area contributed by atoms with Crippen LogP contribution in [0.25, 0.3) is 22.5 Å². The number of non-ortho nitro benzene ring substituents is 2. The van der Waals surface area contributed by atoms with Crippen LogP contribution in [0.4, 0.5) is 16.2 Å². The summed E-state index contributed by atoms with van der Waals surface area (Å²) in [5.41, 5.74) is 3.98. The summed E-state index contributed by atoms with van der Waals surface area (Å²) >= 11 is 6.83. The van der Waals surface area contributed by atoms with Gasteiger partial charge >= 0.3 is 6.16 Å². The van der Waals surface area contributed by atoms with Gasteiger partial charge in [-0.15, -0.1) is 0 Å². The van der Waals surface area contributed by atoms with E-state index in [0.717, 1.165) is 20.1 Å². The largest absolute Gasteiger partial charge is 0.519 e. The predicted molar refractivity (Wildman–Crippen MR) is 187 cm³/mol. The van der Waals surface area contributed by atoms with Crippen molar-refractivity contribution in [2.45, 2.75) is 26.7 Å². The molecule has 50 heavy (non-hydrogen) atoms. The molecule has 0 unspecified atom stereocenters. The van der Waals surface area contributed by atoms with Crippen molar-refractivity contribution >= 4 is 49.4 Å². The molecule has 6 rings (SSSR count). The number of ether oxygens (including phenoxy) is 2. The fourth-order valence-corrected chi connectivity index (χ4v) is 5.81. The molecule has 0 saturated carbocycles. The fourth-order valence-electron chi connectivity index (χ4n) is 5.28. The first-order chi connectivity index (χ1) is 24.0. The molecule has 0 aliphatic heterocycles. The van der Waals surface area contributed by atoms with Crippen molar-refractivity contribution in [3.8, 4) is 34.0 Å². The minimum atomic E-state index is -1.17. The Morgan fingerprint density at radius 3 is 1.40 bits per heavy atom. The van der Waals surface area contributed by atoms with E-state index < -0.39 is 16.0 Å². The van der Waals surface area contributed by atoms with E-state index in [0.29, 0.717) is 45.2 Å². The molecule has 0 spiro atoms. The molecule has 0 saturated heterocycles. The topological polar surface area (TPSA) is 174 Å². The van der Waals surface area contributed by atoms with E-state index >= 15 is 0 Å². The molecule has 2 heterocycles. The lowest BCUT2D eigenvalue weighted by atomic mass is 9.98. The van der Waals surface area contributed by atoms with Crippen LogP contribution in [0.1, 0.15) is 33.8 Å². The van der Waals surface area contributed by atoms with Gasteiger partial charge in [-0.2, -0.15) is 0 Å². The molecule has 0 amide bonds. The smallest absolute Gasteiger partial charge is 0.394 e. The molecule has 252 valence electrons. The van der Waals surface area contributed by atoms with Crippen LogP contribution in [-0.4, -0.2) is 26.3 Å². The Morgan fingerprint density at radius 2 is 1.04 bits per heavy atom. The first-order valence-corrected chi connectivity index (χ1v) is 16.4. The maximum atomic E-state index is 13.3.